The van der Waals surface area contributed by atoms with Crippen molar-refractivity contribution in [3.63, 3.8) is 0 Å². The highest BCUT2D eigenvalue weighted by molar-refractivity contribution is 9.10. The Kier molecular flexibility index (Phi) is 7.26. The minimum absolute atomic E-state index is 0.00871. The van der Waals surface area contributed by atoms with Crippen LogP contribution in [0, 0.1) is 5.92 Å². The van der Waals surface area contributed by atoms with Gasteiger partial charge in [-0.2, -0.15) is 0 Å². The van der Waals surface area contributed by atoms with Crippen LogP contribution in [0.1, 0.15) is 45.1 Å². The van der Waals surface area contributed by atoms with Crippen LogP contribution in [0.5, 0.6) is 11.5 Å². The van der Waals surface area contributed by atoms with E-state index in [1.165, 1.54) is 18.2 Å². The first-order valence-electron chi connectivity index (χ1n) is 11.0. The molecule has 1 N–H and O–H groups in total. The average Bonchev–Trinajstić information content (AvgIpc) is 3.07. The molecule has 1 saturated heterocycles. The van der Waals surface area contributed by atoms with Gasteiger partial charge in [-0.25, -0.2) is 4.99 Å². The summed E-state index contributed by atoms with van der Waals surface area (Å²) in [5.74, 6) is 0.870. The predicted molar refractivity (Wildman–Crippen MR) is 134 cm³/mol. The van der Waals surface area contributed by atoms with E-state index in [0.717, 1.165) is 35.7 Å². The smallest absolute Gasteiger partial charge is 0.267 e. The molecule has 2 atom stereocenters. The number of thioether (sulfide) groups is 1. The Balaban J connectivity index is 1.73. The first kappa shape index (κ1) is 22.9. The van der Waals surface area contributed by atoms with Gasteiger partial charge >= 0.3 is 0 Å². The number of phenols is 1. The minimum atomic E-state index is -0.00871. The van der Waals surface area contributed by atoms with Crippen LogP contribution in [-0.2, 0) is 4.79 Å². The normalized spacial score (nSPS) is 23.8. The zero-order chi connectivity index (χ0) is 22.7. The summed E-state index contributed by atoms with van der Waals surface area (Å²) in [5, 5.41) is 11.0. The maximum absolute atomic E-state index is 13.6. The highest BCUT2D eigenvalue weighted by Gasteiger charge is 2.41. The first-order valence-corrected chi connectivity index (χ1v) is 12.6. The second kappa shape index (κ2) is 10.1. The molecule has 32 heavy (non-hydrogen) atoms. The lowest BCUT2D eigenvalue weighted by Gasteiger charge is -2.35. The molecule has 1 saturated carbocycles. The van der Waals surface area contributed by atoms with Gasteiger partial charge in [0.1, 0.15) is 0 Å². The number of aliphatic imine (C=N–C) groups is 1. The van der Waals surface area contributed by atoms with Crippen LogP contribution in [0.3, 0.4) is 0 Å². The summed E-state index contributed by atoms with van der Waals surface area (Å²) in [7, 11) is 0. The highest BCUT2D eigenvalue weighted by atomic mass is 79.9. The number of hydrogen-bond donors (Lipinski definition) is 1. The van der Waals surface area contributed by atoms with E-state index in [2.05, 4.69) is 22.9 Å². The van der Waals surface area contributed by atoms with E-state index in [-0.39, 0.29) is 17.7 Å². The van der Waals surface area contributed by atoms with Gasteiger partial charge in [0.05, 0.1) is 21.7 Å². The number of phenolic OH excluding ortho intramolecular Hbond substituents is 1. The molecule has 0 radical (unpaired) electrons. The summed E-state index contributed by atoms with van der Waals surface area (Å²) < 4.78 is 6.07. The van der Waals surface area contributed by atoms with Gasteiger partial charge in [-0.3, -0.25) is 9.69 Å². The van der Waals surface area contributed by atoms with Crippen molar-refractivity contribution in [1.29, 1.82) is 0 Å². The fraction of sp³-hybridized carbons (Fsp3) is 0.360. The molecule has 0 bridgehead atoms. The van der Waals surface area contributed by atoms with Crippen LogP contribution in [0.2, 0.25) is 0 Å². The van der Waals surface area contributed by atoms with E-state index in [4.69, 9.17) is 9.73 Å². The Bertz CT molecular complexity index is 1050. The monoisotopic (exact) mass is 514 g/mol. The maximum atomic E-state index is 13.6. The number of nitrogens with zero attached hydrogens (tertiary/aromatic N) is 2. The van der Waals surface area contributed by atoms with Crippen molar-refractivity contribution in [3.05, 3.63) is 57.4 Å². The highest BCUT2D eigenvalue weighted by Crippen LogP contribution is 2.41. The molecule has 0 unspecified atom stereocenters. The quantitative estimate of drug-likeness (QED) is 0.449. The third-order valence-electron chi connectivity index (χ3n) is 5.86. The molecular formula is C25H27BrN2O3S. The number of aromatic hydroxyl groups is 1. The van der Waals surface area contributed by atoms with E-state index in [1.807, 2.05) is 48.2 Å². The third kappa shape index (κ3) is 4.89. The van der Waals surface area contributed by atoms with Crippen molar-refractivity contribution < 1.29 is 14.6 Å². The molecule has 4 rings (SSSR count). The van der Waals surface area contributed by atoms with Crippen molar-refractivity contribution in [2.45, 2.75) is 45.6 Å². The van der Waals surface area contributed by atoms with Crippen LogP contribution in [0.4, 0.5) is 5.69 Å². The number of para-hydroxylation sites is 1. The van der Waals surface area contributed by atoms with Crippen molar-refractivity contribution >= 4 is 50.5 Å². The SMILES string of the molecule is CCOc1cc(/C=C2\SC(=Nc3ccccc3)N([C@@H]3CCCC[C@@H]3C)C2=O)cc(Br)c1O. The fourth-order valence-electron chi connectivity index (χ4n) is 4.24. The van der Waals surface area contributed by atoms with Gasteiger partial charge in [0.25, 0.3) is 5.91 Å². The number of ether oxygens (including phenoxy) is 1. The van der Waals surface area contributed by atoms with Crippen molar-refractivity contribution in [1.82, 2.24) is 4.90 Å². The van der Waals surface area contributed by atoms with Crippen LogP contribution in [0.15, 0.2) is 56.8 Å². The molecular weight excluding hydrogens is 488 g/mol. The summed E-state index contributed by atoms with van der Waals surface area (Å²) in [6, 6.07) is 13.5. The Hall–Kier alpha value is -2.25. The van der Waals surface area contributed by atoms with E-state index in [0.29, 0.717) is 27.7 Å². The molecule has 0 spiro atoms. The van der Waals surface area contributed by atoms with Crippen LogP contribution < -0.4 is 4.74 Å². The first-order chi connectivity index (χ1) is 15.5. The summed E-state index contributed by atoms with van der Waals surface area (Å²) in [5.41, 5.74) is 1.62. The second-order valence-corrected chi connectivity index (χ2v) is 9.99. The van der Waals surface area contributed by atoms with Gasteiger partial charge in [0, 0.05) is 6.04 Å². The zero-order valence-corrected chi connectivity index (χ0v) is 20.7. The molecule has 1 heterocycles. The van der Waals surface area contributed by atoms with Gasteiger partial charge in [0.15, 0.2) is 16.7 Å². The van der Waals surface area contributed by atoms with Gasteiger partial charge in [-0.1, -0.05) is 38.0 Å². The Morgan fingerprint density at radius 3 is 2.72 bits per heavy atom. The van der Waals surface area contributed by atoms with Gasteiger partial charge in [-0.05, 0) is 89.3 Å². The molecule has 168 valence electrons. The number of carbonyl (C=O) groups excluding carboxylic acids is 1. The number of hydrogen-bond acceptors (Lipinski definition) is 5. The Morgan fingerprint density at radius 2 is 2.00 bits per heavy atom. The standard InChI is InChI=1S/C25H27BrN2O3S/c1-3-31-21-14-17(13-19(26)23(21)29)15-22-24(30)28(20-12-8-7-9-16(20)2)25(32-22)27-18-10-5-4-6-11-18/h4-6,10-11,13-16,20,29H,3,7-9,12H2,1-2H3/b22-15-,27-25?/t16-,20+/m0/s1. The predicted octanol–water partition coefficient (Wildman–Crippen LogP) is 6.74. The second-order valence-electron chi connectivity index (χ2n) is 8.13. The van der Waals surface area contributed by atoms with E-state index in [1.54, 1.807) is 12.1 Å². The lowest BCUT2D eigenvalue weighted by atomic mass is 9.85. The molecule has 7 heteroatoms. The molecule has 2 fully saturated rings. The molecule has 0 aromatic heterocycles. The Labute approximate surface area is 201 Å². The zero-order valence-electron chi connectivity index (χ0n) is 18.3. The largest absolute Gasteiger partial charge is 0.503 e. The van der Waals surface area contributed by atoms with Crippen LogP contribution >= 0.6 is 27.7 Å². The van der Waals surface area contributed by atoms with E-state index in [9.17, 15) is 9.90 Å². The lowest BCUT2D eigenvalue weighted by Crippen LogP contribution is -2.44. The number of rotatable bonds is 5. The molecule has 5 nitrogen and oxygen atoms in total. The van der Waals surface area contributed by atoms with Crippen molar-refractivity contribution in [2.75, 3.05) is 6.61 Å². The third-order valence-corrected chi connectivity index (χ3v) is 7.45. The maximum Gasteiger partial charge on any atom is 0.267 e. The number of halogens is 1. The Morgan fingerprint density at radius 1 is 1.25 bits per heavy atom. The summed E-state index contributed by atoms with van der Waals surface area (Å²) in [6.07, 6.45) is 6.31. The molecule has 1 aliphatic carbocycles. The number of amidine groups is 1. The van der Waals surface area contributed by atoms with Crippen LogP contribution in [0.25, 0.3) is 6.08 Å². The van der Waals surface area contributed by atoms with Gasteiger partial charge in [0.2, 0.25) is 0 Å². The van der Waals surface area contributed by atoms with E-state index < -0.39 is 0 Å². The number of carbonyl (C=O) groups is 1. The van der Waals surface area contributed by atoms with Crippen molar-refractivity contribution in [2.24, 2.45) is 10.9 Å². The number of benzene rings is 2. The van der Waals surface area contributed by atoms with Crippen LogP contribution in [-0.4, -0.2) is 33.7 Å². The van der Waals surface area contributed by atoms with E-state index >= 15 is 0 Å². The summed E-state index contributed by atoms with van der Waals surface area (Å²) in [6.45, 7) is 4.54. The summed E-state index contributed by atoms with van der Waals surface area (Å²) >= 11 is 4.80. The number of amides is 1. The van der Waals surface area contributed by atoms with Gasteiger partial charge < -0.3 is 9.84 Å². The molecule has 2 aromatic carbocycles. The molecule has 1 amide bonds. The molecule has 2 aromatic rings. The average molecular weight is 515 g/mol. The van der Waals surface area contributed by atoms with Gasteiger partial charge in [-0.15, -0.1) is 0 Å². The lowest BCUT2D eigenvalue weighted by molar-refractivity contribution is -0.124. The van der Waals surface area contributed by atoms with Crippen molar-refractivity contribution in [3.8, 4) is 11.5 Å². The fourth-order valence-corrected chi connectivity index (χ4v) is 5.75. The topological polar surface area (TPSA) is 62.1 Å². The minimum Gasteiger partial charge on any atom is -0.503 e. The molecule has 2 aliphatic rings. The summed E-state index contributed by atoms with van der Waals surface area (Å²) in [4.78, 5) is 21.0. The molecule has 1 aliphatic heterocycles.